The van der Waals surface area contributed by atoms with Crippen LogP contribution in [-0.2, 0) is 10.0 Å². The lowest BCUT2D eigenvalue weighted by Crippen LogP contribution is -2.36. The molecule has 2 atom stereocenters. The van der Waals surface area contributed by atoms with Crippen molar-refractivity contribution in [3.8, 4) is 0 Å². The third kappa shape index (κ3) is 3.71. The second-order valence-electron chi connectivity index (χ2n) is 5.13. The molecule has 2 unspecified atom stereocenters. The Morgan fingerprint density at radius 1 is 1.20 bits per heavy atom. The van der Waals surface area contributed by atoms with Gasteiger partial charge in [0.25, 0.3) is 0 Å². The zero-order valence-corrected chi connectivity index (χ0v) is 12.5. The first-order chi connectivity index (χ1) is 9.53. The van der Waals surface area contributed by atoms with E-state index >= 15 is 0 Å². The fraction of sp³-hybridized carbons (Fsp3) is 0.571. The van der Waals surface area contributed by atoms with E-state index in [1.54, 1.807) is 31.2 Å². The van der Waals surface area contributed by atoms with Gasteiger partial charge in [-0.3, -0.25) is 0 Å². The average molecular weight is 298 g/mol. The van der Waals surface area contributed by atoms with Gasteiger partial charge < -0.3 is 10.4 Å². The highest BCUT2D eigenvalue weighted by atomic mass is 32.2. The summed E-state index contributed by atoms with van der Waals surface area (Å²) in [4.78, 5) is 0.258. The molecule has 20 heavy (non-hydrogen) atoms. The zero-order valence-electron chi connectivity index (χ0n) is 11.7. The minimum absolute atomic E-state index is 0.0555. The number of hydrogen-bond acceptors (Lipinski definition) is 4. The van der Waals surface area contributed by atoms with E-state index in [-0.39, 0.29) is 17.0 Å². The van der Waals surface area contributed by atoms with E-state index in [2.05, 4.69) is 10.0 Å². The fourth-order valence-electron chi connectivity index (χ4n) is 2.50. The monoisotopic (exact) mass is 298 g/mol. The Kier molecular flexibility index (Phi) is 5.01. The Bertz CT molecular complexity index is 528. The molecule has 0 aromatic heterocycles. The Hall–Kier alpha value is -1.11. The van der Waals surface area contributed by atoms with E-state index in [0.717, 1.165) is 31.4 Å². The average Bonchev–Trinajstić information content (AvgIpc) is 2.42. The van der Waals surface area contributed by atoms with Gasteiger partial charge in [-0.25, -0.2) is 13.1 Å². The summed E-state index contributed by atoms with van der Waals surface area (Å²) in [5.74, 6) is 0. The maximum Gasteiger partial charge on any atom is 0.240 e. The molecular weight excluding hydrogens is 276 g/mol. The first-order valence-corrected chi connectivity index (χ1v) is 8.55. The molecule has 1 aliphatic rings. The predicted molar refractivity (Wildman–Crippen MR) is 79.2 cm³/mol. The second-order valence-corrected chi connectivity index (χ2v) is 6.90. The predicted octanol–water partition coefficient (Wildman–Crippen LogP) is 1.70. The molecule has 0 radical (unpaired) electrons. The number of anilines is 1. The molecule has 5 nitrogen and oxygen atoms in total. The lowest BCUT2D eigenvalue weighted by molar-refractivity contribution is 0.116. The van der Waals surface area contributed by atoms with Crippen LogP contribution in [0.15, 0.2) is 29.2 Å². The minimum Gasteiger partial charge on any atom is -0.391 e. The highest BCUT2D eigenvalue weighted by Crippen LogP contribution is 2.23. The van der Waals surface area contributed by atoms with E-state index in [4.69, 9.17) is 0 Å². The number of sulfonamides is 1. The van der Waals surface area contributed by atoms with E-state index in [1.807, 2.05) is 0 Å². The molecule has 6 heteroatoms. The largest absolute Gasteiger partial charge is 0.391 e. The van der Waals surface area contributed by atoms with Gasteiger partial charge in [-0.15, -0.1) is 0 Å². The Labute approximate surface area is 120 Å². The van der Waals surface area contributed by atoms with Gasteiger partial charge in [0.2, 0.25) is 10.0 Å². The molecule has 0 bridgehead atoms. The summed E-state index contributed by atoms with van der Waals surface area (Å²) >= 11 is 0. The Morgan fingerprint density at radius 3 is 2.45 bits per heavy atom. The summed E-state index contributed by atoms with van der Waals surface area (Å²) in [7, 11) is -3.40. The maximum atomic E-state index is 11.8. The molecule has 0 amide bonds. The van der Waals surface area contributed by atoms with Crippen LogP contribution in [0, 0.1) is 0 Å². The summed E-state index contributed by atoms with van der Waals surface area (Å²) in [5.41, 5.74) is 0.839. The SMILES string of the molecule is CCNS(=O)(=O)c1ccc(NC2CCCCC2O)cc1. The summed E-state index contributed by atoms with van der Waals surface area (Å²) < 4.78 is 26.1. The summed E-state index contributed by atoms with van der Waals surface area (Å²) in [6.07, 6.45) is 3.62. The van der Waals surface area contributed by atoms with Crippen molar-refractivity contribution in [2.24, 2.45) is 0 Å². The van der Waals surface area contributed by atoms with Crippen LogP contribution in [0.2, 0.25) is 0 Å². The van der Waals surface area contributed by atoms with Crippen molar-refractivity contribution in [2.75, 3.05) is 11.9 Å². The maximum absolute atomic E-state index is 11.8. The van der Waals surface area contributed by atoms with E-state index in [1.165, 1.54) is 0 Å². The fourth-order valence-corrected chi connectivity index (χ4v) is 3.54. The van der Waals surface area contributed by atoms with Gasteiger partial charge in [-0.1, -0.05) is 19.8 Å². The van der Waals surface area contributed by atoms with Gasteiger partial charge >= 0.3 is 0 Å². The van der Waals surface area contributed by atoms with Crippen molar-refractivity contribution in [1.29, 1.82) is 0 Å². The van der Waals surface area contributed by atoms with Crippen LogP contribution in [0.3, 0.4) is 0 Å². The molecule has 1 saturated carbocycles. The third-order valence-electron chi connectivity index (χ3n) is 3.58. The van der Waals surface area contributed by atoms with Gasteiger partial charge in [-0.05, 0) is 37.1 Å². The number of rotatable bonds is 5. The molecule has 1 aromatic carbocycles. The van der Waals surface area contributed by atoms with Crippen LogP contribution in [0.1, 0.15) is 32.6 Å². The summed E-state index contributed by atoms with van der Waals surface area (Å²) in [6, 6.07) is 6.70. The van der Waals surface area contributed by atoms with Gasteiger partial charge in [-0.2, -0.15) is 0 Å². The Morgan fingerprint density at radius 2 is 1.85 bits per heavy atom. The zero-order chi connectivity index (χ0) is 14.6. The molecule has 0 aliphatic heterocycles. The van der Waals surface area contributed by atoms with Crippen molar-refractivity contribution in [3.05, 3.63) is 24.3 Å². The van der Waals surface area contributed by atoms with Gasteiger partial charge in [0, 0.05) is 12.2 Å². The van der Waals surface area contributed by atoms with Crippen molar-refractivity contribution < 1.29 is 13.5 Å². The van der Waals surface area contributed by atoms with E-state index in [0.29, 0.717) is 6.54 Å². The topological polar surface area (TPSA) is 78.4 Å². The van der Waals surface area contributed by atoms with Crippen LogP contribution in [0.4, 0.5) is 5.69 Å². The second kappa shape index (κ2) is 6.56. The normalized spacial score (nSPS) is 23.5. The number of aliphatic hydroxyl groups is 1. The molecule has 1 aliphatic carbocycles. The van der Waals surface area contributed by atoms with E-state index < -0.39 is 10.0 Å². The minimum atomic E-state index is -3.40. The molecule has 0 saturated heterocycles. The molecule has 0 spiro atoms. The molecule has 2 rings (SSSR count). The van der Waals surface area contributed by atoms with Crippen LogP contribution in [0.25, 0.3) is 0 Å². The van der Waals surface area contributed by atoms with Crippen molar-refractivity contribution in [1.82, 2.24) is 4.72 Å². The van der Waals surface area contributed by atoms with Crippen LogP contribution >= 0.6 is 0 Å². The lowest BCUT2D eigenvalue weighted by Gasteiger charge is -2.29. The first kappa shape index (κ1) is 15.3. The lowest BCUT2D eigenvalue weighted by atomic mass is 9.92. The number of benzene rings is 1. The van der Waals surface area contributed by atoms with Crippen LogP contribution in [-0.4, -0.2) is 32.2 Å². The molecule has 1 fully saturated rings. The molecule has 3 N–H and O–H groups in total. The molecular formula is C14H22N2O3S. The summed E-state index contributed by atoms with van der Waals surface area (Å²) in [5, 5.41) is 13.2. The number of hydrogen-bond donors (Lipinski definition) is 3. The standard InChI is InChI=1S/C14H22N2O3S/c1-2-15-20(18,19)12-9-7-11(8-10-12)16-13-5-3-4-6-14(13)17/h7-10,13-17H,2-6H2,1H3. The smallest absolute Gasteiger partial charge is 0.240 e. The highest BCUT2D eigenvalue weighted by molar-refractivity contribution is 7.89. The van der Waals surface area contributed by atoms with Crippen molar-refractivity contribution >= 4 is 15.7 Å². The van der Waals surface area contributed by atoms with Gasteiger partial charge in [0.05, 0.1) is 17.0 Å². The van der Waals surface area contributed by atoms with Crippen molar-refractivity contribution in [3.63, 3.8) is 0 Å². The third-order valence-corrected chi connectivity index (χ3v) is 5.14. The summed E-state index contributed by atoms with van der Waals surface area (Å²) in [6.45, 7) is 2.12. The van der Waals surface area contributed by atoms with Crippen molar-refractivity contribution in [2.45, 2.75) is 49.6 Å². The quantitative estimate of drug-likeness (QED) is 0.773. The van der Waals surface area contributed by atoms with Crippen LogP contribution in [0.5, 0.6) is 0 Å². The van der Waals surface area contributed by atoms with E-state index in [9.17, 15) is 13.5 Å². The number of nitrogens with one attached hydrogen (secondary N) is 2. The van der Waals surface area contributed by atoms with Crippen LogP contribution < -0.4 is 10.0 Å². The Balaban J connectivity index is 2.05. The molecule has 112 valence electrons. The highest BCUT2D eigenvalue weighted by Gasteiger charge is 2.22. The molecule has 1 aromatic rings. The first-order valence-electron chi connectivity index (χ1n) is 7.07. The molecule has 0 heterocycles. The van der Waals surface area contributed by atoms with Gasteiger partial charge in [0.1, 0.15) is 0 Å². The van der Waals surface area contributed by atoms with Gasteiger partial charge in [0.15, 0.2) is 0 Å². The number of aliphatic hydroxyl groups excluding tert-OH is 1.